The lowest BCUT2D eigenvalue weighted by atomic mass is 9.88. The lowest BCUT2D eigenvalue weighted by molar-refractivity contribution is -0.0145. The summed E-state index contributed by atoms with van der Waals surface area (Å²) in [6, 6.07) is 10.0. The van der Waals surface area contributed by atoms with Crippen molar-refractivity contribution in [2.45, 2.75) is 105 Å². The van der Waals surface area contributed by atoms with Crippen LogP contribution in [-0.2, 0) is 15.8 Å². The predicted octanol–water partition coefficient (Wildman–Crippen LogP) is 8.19. The summed E-state index contributed by atoms with van der Waals surface area (Å²) in [6.45, 7) is 21.7. The summed E-state index contributed by atoms with van der Waals surface area (Å²) in [7, 11) is -1.88. The standard InChI is InChI=1S/C35H53NO5Si/c1-25(21-31-24-39-29(5)36-31)15-14-16-27(3)34(38)28(4)32(37)22-33(40-23-30-17-12-11-13-18-30)26(2)19-20-41-42(9,10)35(6,7)8/h11-19,21,24,28,32-34,37-38H,20,22-23H2,1-10H3/b15-14+,25-21+,26-19+,27-16+/t28-,32+,33-,34-/m0/s1. The van der Waals surface area contributed by atoms with Gasteiger partial charge >= 0.3 is 0 Å². The molecule has 7 heteroatoms. The van der Waals surface area contributed by atoms with Crippen molar-refractivity contribution >= 4 is 14.4 Å². The van der Waals surface area contributed by atoms with E-state index in [1.54, 1.807) is 6.26 Å². The van der Waals surface area contributed by atoms with Crippen LogP contribution in [0, 0.1) is 12.8 Å². The van der Waals surface area contributed by atoms with Gasteiger partial charge in [-0.3, -0.25) is 0 Å². The maximum absolute atomic E-state index is 11.2. The maximum Gasteiger partial charge on any atom is 0.192 e. The SMILES string of the molecule is CC(/C=C/C=C(\C)[C@H](O)[C@@H](C)[C@H](O)C[C@H](OCc1ccccc1)/C(C)=C/CO[Si](C)(C)C(C)(C)C)=C\c1coc(C)n1. The Kier molecular flexibility index (Phi) is 13.9. The van der Waals surface area contributed by atoms with Crippen molar-refractivity contribution in [1.82, 2.24) is 4.98 Å². The molecule has 0 amide bonds. The van der Waals surface area contributed by atoms with Crippen molar-refractivity contribution in [1.29, 1.82) is 0 Å². The molecule has 2 N–H and O–H groups in total. The van der Waals surface area contributed by atoms with Gasteiger partial charge in [0.1, 0.15) is 12.0 Å². The summed E-state index contributed by atoms with van der Waals surface area (Å²) in [5.74, 6) is 0.241. The van der Waals surface area contributed by atoms with Crippen LogP contribution >= 0.6 is 0 Å². The number of aryl methyl sites for hydroxylation is 1. The summed E-state index contributed by atoms with van der Waals surface area (Å²) in [5, 5.41) is 22.4. The van der Waals surface area contributed by atoms with Crippen molar-refractivity contribution in [2.75, 3.05) is 6.61 Å². The van der Waals surface area contributed by atoms with Gasteiger partial charge in [-0.15, -0.1) is 0 Å². The number of hydrogen-bond acceptors (Lipinski definition) is 6. The molecule has 0 saturated carbocycles. The molecule has 232 valence electrons. The molecule has 0 bridgehead atoms. The smallest absolute Gasteiger partial charge is 0.192 e. The lowest BCUT2D eigenvalue weighted by Gasteiger charge is -2.36. The second-order valence-electron chi connectivity index (χ2n) is 12.9. The number of aliphatic hydroxyl groups excluding tert-OH is 2. The van der Waals surface area contributed by atoms with Gasteiger partial charge in [-0.1, -0.05) is 82.3 Å². The first-order chi connectivity index (χ1) is 19.6. The van der Waals surface area contributed by atoms with Crippen LogP contribution < -0.4 is 0 Å². The molecular weight excluding hydrogens is 542 g/mol. The monoisotopic (exact) mass is 595 g/mol. The molecule has 1 aromatic carbocycles. The number of allylic oxidation sites excluding steroid dienone is 4. The average Bonchev–Trinajstić information content (AvgIpc) is 3.33. The fourth-order valence-electron chi connectivity index (χ4n) is 4.12. The molecule has 1 heterocycles. The van der Waals surface area contributed by atoms with Gasteiger partial charge in [0.2, 0.25) is 0 Å². The highest BCUT2D eigenvalue weighted by Gasteiger charge is 2.36. The fraction of sp³-hybridized carbons (Fsp3) is 0.514. The molecule has 6 nitrogen and oxygen atoms in total. The Hall–Kier alpha value is -2.55. The third-order valence-corrected chi connectivity index (χ3v) is 12.7. The van der Waals surface area contributed by atoms with E-state index >= 15 is 0 Å². The van der Waals surface area contributed by atoms with Crippen molar-refractivity contribution in [3.8, 4) is 0 Å². The molecule has 2 aromatic rings. The molecule has 2 rings (SSSR count). The molecule has 42 heavy (non-hydrogen) atoms. The van der Waals surface area contributed by atoms with E-state index in [9.17, 15) is 10.2 Å². The van der Waals surface area contributed by atoms with Gasteiger partial charge in [0.25, 0.3) is 0 Å². The van der Waals surface area contributed by atoms with Gasteiger partial charge in [0, 0.05) is 19.3 Å². The van der Waals surface area contributed by atoms with Crippen LogP contribution in [0.25, 0.3) is 6.08 Å². The highest BCUT2D eigenvalue weighted by atomic mass is 28.4. The van der Waals surface area contributed by atoms with E-state index < -0.39 is 20.5 Å². The van der Waals surface area contributed by atoms with E-state index in [1.807, 2.05) is 89.3 Å². The Bertz CT molecular complexity index is 1220. The van der Waals surface area contributed by atoms with Crippen molar-refractivity contribution in [3.63, 3.8) is 0 Å². The highest BCUT2D eigenvalue weighted by molar-refractivity contribution is 6.74. The summed E-state index contributed by atoms with van der Waals surface area (Å²) in [6.07, 6.45) is 9.86. The molecule has 0 radical (unpaired) electrons. The number of aromatic nitrogens is 1. The zero-order valence-corrected chi connectivity index (χ0v) is 28.3. The normalized spacial score (nSPS) is 17.0. The molecule has 0 aliphatic heterocycles. The number of oxazole rings is 1. The molecular formula is C35H53NO5Si. The van der Waals surface area contributed by atoms with Crippen LogP contribution in [0.2, 0.25) is 18.1 Å². The number of nitrogens with zero attached hydrogens (tertiary/aromatic N) is 1. The number of rotatable bonds is 15. The quantitative estimate of drug-likeness (QED) is 0.123. The Morgan fingerprint density at radius 3 is 2.33 bits per heavy atom. The molecule has 1 aromatic heterocycles. The second-order valence-corrected chi connectivity index (χ2v) is 17.7. The van der Waals surface area contributed by atoms with Crippen molar-refractivity contribution < 1.29 is 23.8 Å². The minimum Gasteiger partial charge on any atom is -0.449 e. The summed E-state index contributed by atoms with van der Waals surface area (Å²) < 4.78 is 18.0. The van der Waals surface area contributed by atoms with Crippen LogP contribution in [0.5, 0.6) is 0 Å². The van der Waals surface area contributed by atoms with E-state index in [-0.39, 0.29) is 17.1 Å². The molecule has 0 aliphatic rings. The minimum absolute atomic E-state index is 0.130. The highest BCUT2D eigenvalue weighted by Crippen LogP contribution is 2.36. The van der Waals surface area contributed by atoms with Crippen molar-refractivity contribution in [3.05, 3.63) is 94.8 Å². The molecule has 0 fully saturated rings. The van der Waals surface area contributed by atoms with Gasteiger partial charge in [0.05, 0.1) is 31.5 Å². The predicted molar refractivity (Wildman–Crippen MR) is 176 cm³/mol. The van der Waals surface area contributed by atoms with Crippen LogP contribution in [0.15, 0.2) is 82.0 Å². The van der Waals surface area contributed by atoms with Crippen LogP contribution in [0.4, 0.5) is 0 Å². The van der Waals surface area contributed by atoms with E-state index in [4.69, 9.17) is 13.6 Å². The average molecular weight is 596 g/mol. The molecule has 0 aliphatic carbocycles. The fourth-order valence-corrected chi connectivity index (χ4v) is 5.06. The molecule has 0 spiro atoms. The van der Waals surface area contributed by atoms with E-state index in [0.717, 1.165) is 28.0 Å². The first kappa shape index (κ1) is 35.6. The number of ether oxygens (including phenoxy) is 1. The number of benzene rings is 1. The van der Waals surface area contributed by atoms with Gasteiger partial charge in [-0.05, 0) is 67.3 Å². The van der Waals surface area contributed by atoms with Gasteiger partial charge in [-0.2, -0.15) is 0 Å². The lowest BCUT2D eigenvalue weighted by Crippen LogP contribution is -2.40. The first-order valence-corrected chi connectivity index (χ1v) is 17.8. The topological polar surface area (TPSA) is 85.0 Å². The Balaban J connectivity index is 2.09. The summed E-state index contributed by atoms with van der Waals surface area (Å²) in [5.41, 5.74) is 4.65. The van der Waals surface area contributed by atoms with Crippen LogP contribution in [0.1, 0.15) is 72.0 Å². The zero-order valence-electron chi connectivity index (χ0n) is 27.3. The van der Waals surface area contributed by atoms with E-state index in [0.29, 0.717) is 25.5 Å². The summed E-state index contributed by atoms with van der Waals surface area (Å²) >= 11 is 0. The van der Waals surface area contributed by atoms with Gasteiger partial charge < -0.3 is 23.8 Å². The minimum atomic E-state index is -1.88. The largest absolute Gasteiger partial charge is 0.449 e. The van der Waals surface area contributed by atoms with Gasteiger partial charge in [-0.25, -0.2) is 4.98 Å². The van der Waals surface area contributed by atoms with E-state index in [1.165, 1.54) is 0 Å². The third-order valence-electron chi connectivity index (χ3n) is 8.22. The Morgan fingerprint density at radius 2 is 1.74 bits per heavy atom. The van der Waals surface area contributed by atoms with Crippen molar-refractivity contribution in [2.24, 2.45) is 5.92 Å². The number of aliphatic hydroxyl groups is 2. The summed E-state index contributed by atoms with van der Waals surface area (Å²) in [4.78, 5) is 4.29. The first-order valence-electron chi connectivity index (χ1n) is 14.9. The Labute approximate surface area is 255 Å². The molecule has 0 saturated heterocycles. The number of hydrogen-bond donors (Lipinski definition) is 2. The third kappa shape index (κ3) is 11.6. The molecule has 0 unspecified atom stereocenters. The molecule has 4 atom stereocenters. The van der Waals surface area contributed by atoms with Gasteiger partial charge in [0.15, 0.2) is 14.2 Å². The van der Waals surface area contributed by atoms with Crippen LogP contribution in [0.3, 0.4) is 0 Å². The zero-order chi connectivity index (χ0) is 31.5. The van der Waals surface area contributed by atoms with Crippen LogP contribution in [-0.4, -0.2) is 48.4 Å². The second kappa shape index (κ2) is 16.3. The Morgan fingerprint density at radius 1 is 1.07 bits per heavy atom. The maximum atomic E-state index is 11.2. The van der Waals surface area contributed by atoms with E-state index in [2.05, 4.69) is 44.9 Å².